The van der Waals surface area contributed by atoms with Gasteiger partial charge in [0.15, 0.2) is 0 Å². The molecule has 2 fully saturated rings. The Morgan fingerprint density at radius 3 is 2.24 bits per heavy atom. The van der Waals surface area contributed by atoms with Crippen molar-refractivity contribution in [3.63, 3.8) is 0 Å². The lowest BCUT2D eigenvalue weighted by Gasteiger charge is -2.29. The zero-order chi connectivity index (χ0) is 15.3. The monoisotopic (exact) mass is 300 g/mol. The predicted molar refractivity (Wildman–Crippen MR) is 72.2 cm³/mol. The van der Waals surface area contributed by atoms with Crippen LogP contribution in [0.4, 0.5) is 13.2 Å². The molecular weight excluding hydrogens is 281 g/mol. The molecule has 3 rings (SSSR count). The van der Waals surface area contributed by atoms with Crippen molar-refractivity contribution in [2.24, 2.45) is 0 Å². The third-order valence-electron chi connectivity index (χ3n) is 4.63. The largest absolute Gasteiger partial charge is 0.462 e. The van der Waals surface area contributed by atoms with Gasteiger partial charge in [0.2, 0.25) is 5.79 Å². The van der Waals surface area contributed by atoms with E-state index in [2.05, 4.69) is 0 Å². The summed E-state index contributed by atoms with van der Waals surface area (Å²) in [7, 11) is 0. The van der Waals surface area contributed by atoms with Gasteiger partial charge in [0.25, 0.3) is 0 Å². The summed E-state index contributed by atoms with van der Waals surface area (Å²) < 4.78 is 45.7. The normalized spacial score (nSPS) is 23.1. The van der Waals surface area contributed by atoms with E-state index in [-0.39, 0.29) is 24.2 Å². The molecule has 0 heterocycles. The lowest BCUT2D eigenvalue weighted by molar-refractivity contribution is -0.164. The summed E-state index contributed by atoms with van der Waals surface area (Å²) in [6, 6.07) is 4.79. The number of aryl methyl sites for hydroxylation is 1. The van der Waals surface area contributed by atoms with E-state index in [4.69, 9.17) is 4.74 Å². The summed E-state index contributed by atoms with van der Waals surface area (Å²) in [6.45, 7) is 1.81. The molecular formula is C16H19F3O2. The maximum atomic E-state index is 13.4. The molecule has 0 amide bonds. The minimum absolute atomic E-state index is 0.0916. The first kappa shape index (κ1) is 14.7. The smallest absolute Gasteiger partial charge is 0.398 e. The highest BCUT2D eigenvalue weighted by atomic mass is 19.4. The molecule has 21 heavy (non-hydrogen) atoms. The van der Waals surface area contributed by atoms with E-state index in [1.54, 1.807) is 12.1 Å². The van der Waals surface area contributed by atoms with Crippen LogP contribution < -0.4 is 4.74 Å². The second-order valence-electron chi connectivity index (χ2n) is 6.33. The molecule has 1 aromatic rings. The Labute approximate surface area is 121 Å². The number of hydrogen-bond donors (Lipinski definition) is 1. The van der Waals surface area contributed by atoms with Gasteiger partial charge in [-0.15, -0.1) is 0 Å². The Morgan fingerprint density at radius 1 is 1.10 bits per heavy atom. The molecule has 0 spiro atoms. The average molecular weight is 300 g/mol. The molecule has 0 bridgehead atoms. The molecule has 2 aliphatic carbocycles. The number of halogens is 3. The van der Waals surface area contributed by atoms with E-state index < -0.39 is 17.4 Å². The fraction of sp³-hybridized carbons (Fsp3) is 0.625. The van der Waals surface area contributed by atoms with Gasteiger partial charge in [-0.25, -0.2) is 0 Å². The van der Waals surface area contributed by atoms with Gasteiger partial charge in [0.05, 0.1) is 5.41 Å². The molecule has 0 aromatic heterocycles. The van der Waals surface area contributed by atoms with Gasteiger partial charge in [-0.1, -0.05) is 12.1 Å². The van der Waals surface area contributed by atoms with Crippen LogP contribution in [-0.2, 0) is 5.41 Å². The van der Waals surface area contributed by atoms with Gasteiger partial charge < -0.3 is 9.84 Å². The molecule has 0 aliphatic heterocycles. The Balaban J connectivity index is 1.98. The summed E-state index contributed by atoms with van der Waals surface area (Å²) in [6.07, 6.45) is -1.48. The van der Waals surface area contributed by atoms with Gasteiger partial charge in [-0.3, -0.25) is 0 Å². The lowest BCUT2D eigenvalue weighted by atomic mass is 9.93. The average Bonchev–Trinajstić information content (AvgIpc) is 3.07. The van der Waals surface area contributed by atoms with Gasteiger partial charge in [-0.2, -0.15) is 13.2 Å². The fourth-order valence-corrected chi connectivity index (χ4v) is 3.17. The standard InChI is InChI=1S/C16H19F3O2/c1-11-4-5-12(14(8-9-14)16(17,18)19)13(10-11)21-15(20)6-2-3-7-15/h4-5,10,20H,2-3,6-9H2,1H3. The lowest BCUT2D eigenvalue weighted by Crippen LogP contribution is -2.34. The molecule has 1 N–H and O–H groups in total. The topological polar surface area (TPSA) is 29.5 Å². The Hall–Kier alpha value is -1.23. The number of benzene rings is 1. The van der Waals surface area contributed by atoms with E-state index in [9.17, 15) is 18.3 Å². The number of alkyl halides is 3. The van der Waals surface area contributed by atoms with Gasteiger partial charge >= 0.3 is 6.18 Å². The van der Waals surface area contributed by atoms with E-state index in [0.717, 1.165) is 18.4 Å². The van der Waals surface area contributed by atoms with E-state index >= 15 is 0 Å². The maximum Gasteiger partial charge on any atom is 0.398 e. The maximum absolute atomic E-state index is 13.4. The zero-order valence-electron chi connectivity index (χ0n) is 12.0. The van der Waals surface area contributed by atoms with Crippen LogP contribution in [0.2, 0.25) is 0 Å². The summed E-state index contributed by atoms with van der Waals surface area (Å²) in [5, 5.41) is 10.3. The van der Waals surface area contributed by atoms with Crippen molar-refractivity contribution < 1.29 is 23.0 Å². The second-order valence-corrected chi connectivity index (χ2v) is 6.33. The highest BCUT2D eigenvalue weighted by molar-refractivity contribution is 5.47. The molecule has 5 heteroatoms. The molecule has 1 aromatic carbocycles. The zero-order valence-corrected chi connectivity index (χ0v) is 12.0. The molecule has 0 unspecified atom stereocenters. The van der Waals surface area contributed by atoms with Gasteiger partial charge in [0.1, 0.15) is 5.75 Å². The fourth-order valence-electron chi connectivity index (χ4n) is 3.17. The number of rotatable bonds is 3. The molecule has 2 aliphatic rings. The molecule has 116 valence electrons. The van der Waals surface area contributed by atoms with Crippen LogP contribution in [-0.4, -0.2) is 17.1 Å². The molecule has 0 atom stereocenters. The van der Waals surface area contributed by atoms with E-state index in [1.807, 2.05) is 6.92 Å². The Bertz CT molecular complexity index is 541. The van der Waals surface area contributed by atoms with Gasteiger partial charge in [0, 0.05) is 18.4 Å². The minimum atomic E-state index is -4.28. The predicted octanol–water partition coefficient (Wildman–Crippen LogP) is 4.23. The highest BCUT2D eigenvalue weighted by Gasteiger charge is 2.65. The first-order valence-electron chi connectivity index (χ1n) is 7.35. The summed E-state index contributed by atoms with van der Waals surface area (Å²) in [5.41, 5.74) is -0.792. The van der Waals surface area contributed by atoms with Crippen LogP contribution in [0.3, 0.4) is 0 Å². The van der Waals surface area contributed by atoms with Crippen LogP contribution in [0, 0.1) is 6.92 Å². The third kappa shape index (κ3) is 2.52. The SMILES string of the molecule is Cc1ccc(C2(C(F)(F)F)CC2)c(OC2(O)CCCC2)c1. The van der Waals surface area contributed by atoms with Crippen LogP contribution in [0.5, 0.6) is 5.75 Å². The van der Waals surface area contributed by atoms with Crippen molar-refractivity contribution in [3.05, 3.63) is 29.3 Å². The number of ether oxygens (including phenoxy) is 1. The quantitative estimate of drug-likeness (QED) is 0.846. The van der Waals surface area contributed by atoms with Crippen molar-refractivity contribution in [2.75, 3.05) is 0 Å². The molecule has 0 saturated heterocycles. The minimum Gasteiger partial charge on any atom is -0.462 e. The van der Waals surface area contributed by atoms with Crippen LogP contribution in [0.15, 0.2) is 18.2 Å². The second kappa shape index (κ2) is 4.63. The van der Waals surface area contributed by atoms with Crippen molar-refractivity contribution >= 4 is 0 Å². The summed E-state index contributed by atoms with van der Waals surface area (Å²) in [4.78, 5) is 0. The van der Waals surface area contributed by atoms with Crippen LogP contribution in [0.1, 0.15) is 49.7 Å². The third-order valence-corrected chi connectivity index (χ3v) is 4.63. The van der Waals surface area contributed by atoms with Crippen LogP contribution >= 0.6 is 0 Å². The van der Waals surface area contributed by atoms with Crippen molar-refractivity contribution in [1.29, 1.82) is 0 Å². The molecule has 0 radical (unpaired) electrons. The Kier molecular flexibility index (Phi) is 3.24. The first-order chi connectivity index (χ1) is 9.76. The van der Waals surface area contributed by atoms with Crippen molar-refractivity contribution in [1.82, 2.24) is 0 Å². The Morgan fingerprint density at radius 2 is 1.71 bits per heavy atom. The molecule has 2 saturated carbocycles. The summed E-state index contributed by atoms with van der Waals surface area (Å²) >= 11 is 0. The van der Waals surface area contributed by atoms with Crippen molar-refractivity contribution in [2.45, 2.75) is 62.8 Å². The first-order valence-corrected chi connectivity index (χ1v) is 7.35. The van der Waals surface area contributed by atoms with Crippen molar-refractivity contribution in [3.8, 4) is 5.75 Å². The summed E-state index contributed by atoms with van der Waals surface area (Å²) in [5.74, 6) is -1.13. The van der Waals surface area contributed by atoms with Crippen LogP contribution in [0.25, 0.3) is 0 Å². The highest BCUT2D eigenvalue weighted by Crippen LogP contribution is 2.61. The number of hydrogen-bond acceptors (Lipinski definition) is 2. The number of aliphatic hydroxyl groups is 1. The van der Waals surface area contributed by atoms with Gasteiger partial charge in [-0.05, 0) is 44.2 Å². The van der Waals surface area contributed by atoms with E-state index in [0.29, 0.717) is 12.8 Å². The van der Waals surface area contributed by atoms with E-state index in [1.165, 1.54) is 6.07 Å². The molecule has 2 nitrogen and oxygen atoms in total.